The lowest BCUT2D eigenvalue weighted by atomic mass is 10.1. The number of hydrogen-bond donors (Lipinski definition) is 1. The van der Waals surface area contributed by atoms with Crippen LogP contribution in [0.5, 0.6) is 0 Å². The molecule has 0 heterocycles. The molecule has 0 aliphatic heterocycles. The fraction of sp³-hybridized carbons (Fsp3) is 0.750. The van der Waals surface area contributed by atoms with Crippen molar-refractivity contribution < 1.29 is 9.90 Å². The van der Waals surface area contributed by atoms with E-state index in [-0.39, 0.29) is 0 Å². The average Bonchev–Trinajstić information content (AvgIpc) is 1.31. The highest BCUT2D eigenvalue weighted by Crippen LogP contribution is 1.97. The molecule has 0 bridgehead atoms. The summed E-state index contributed by atoms with van der Waals surface area (Å²) in [7, 11) is 0. The topological polar surface area (TPSA) is 61.1 Å². The molecule has 0 saturated carbocycles. The Hall–Kier alpha value is -0.570. The van der Waals surface area contributed by atoms with E-state index in [0.717, 1.165) is 0 Å². The molecule has 3 heteroatoms. The van der Waals surface area contributed by atoms with Crippen molar-refractivity contribution in [1.82, 2.24) is 5.73 Å². The van der Waals surface area contributed by atoms with Crippen LogP contribution in [0.15, 0.2) is 0 Å². The van der Waals surface area contributed by atoms with Gasteiger partial charge in [0.1, 0.15) is 5.60 Å². The highest BCUT2D eigenvalue weighted by Gasteiger charge is 2.19. The third-order valence-corrected chi connectivity index (χ3v) is 0.556. The molecule has 0 spiro atoms. The van der Waals surface area contributed by atoms with Crippen molar-refractivity contribution in [3.8, 4) is 0 Å². The van der Waals surface area contributed by atoms with Gasteiger partial charge in [-0.2, -0.15) is 0 Å². The number of amides is 1. The molecule has 0 aromatic heterocycles. The van der Waals surface area contributed by atoms with Gasteiger partial charge in [-0.05, 0) is 13.8 Å². The predicted octanol–water partition coefficient (Wildman–Crippen LogP) is -0.433. The zero-order valence-corrected chi connectivity index (χ0v) is 4.36. The maximum Gasteiger partial charge on any atom is 0.269 e. The van der Waals surface area contributed by atoms with Gasteiger partial charge in [-0.15, -0.1) is 0 Å². The second-order valence-electron chi connectivity index (χ2n) is 1.89. The van der Waals surface area contributed by atoms with Crippen LogP contribution in [0.25, 0.3) is 0 Å². The summed E-state index contributed by atoms with van der Waals surface area (Å²) in [6.07, 6.45) is 0. The largest absolute Gasteiger partial charge is 0.381 e. The van der Waals surface area contributed by atoms with Gasteiger partial charge in [-0.25, -0.2) is 0 Å². The summed E-state index contributed by atoms with van der Waals surface area (Å²) in [5.74, 6) is -0.951. The molecule has 0 fully saturated rings. The average molecular weight is 102 g/mol. The molecule has 0 unspecified atom stereocenters. The van der Waals surface area contributed by atoms with Crippen LogP contribution in [0.3, 0.4) is 0 Å². The molecule has 41 valence electrons. The van der Waals surface area contributed by atoms with E-state index >= 15 is 0 Å². The van der Waals surface area contributed by atoms with Gasteiger partial charge in [0.15, 0.2) is 0 Å². The van der Waals surface area contributed by atoms with Crippen molar-refractivity contribution in [3.63, 3.8) is 0 Å². The van der Waals surface area contributed by atoms with Gasteiger partial charge >= 0.3 is 0 Å². The van der Waals surface area contributed by atoms with Gasteiger partial charge in [-0.3, -0.25) is 10.5 Å². The molecule has 0 aromatic carbocycles. The van der Waals surface area contributed by atoms with Crippen molar-refractivity contribution in [2.75, 3.05) is 0 Å². The van der Waals surface area contributed by atoms with Crippen LogP contribution in [0.4, 0.5) is 0 Å². The molecule has 2 N–H and O–H groups in total. The van der Waals surface area contributed by atoms with Crippen molar-refractivity contribution in [1.29, 1.82) is 0 Å². The number of nitrogens with one attached hydrogen (secondary N) is 1. The highest BCUT2D eigenvalue weighted by atomic mass is 16.3. The number of aliphatic hydroxyl groups is 1. The first-order chi connectivity index (χ1) is 2.94. The van der Waals surface area contributed by atoms with Crippen LogP contribution in [-0.2, 0) is 4.79 Å². The molecule has 0 aromatic rings. The van der Waals surface area contributed by atoms with Crippen molar-refractivity contribution in [3.05, 3.63) is 0 Å². The highest BCUT2D eigenvalue weighted by molar-refractivity contribution is 5.81. The molecular weight excluding hydrogens is 94.0 g/mol. The van der Waals surface area contributed by atoms with E-state index in [1.807, 2.05) is 0 Å². The first-order valence-electron chi connectivity index (χ1n) is 1.93. The maximum atomic E-state index is 9.88. The number of rotatable bonds is 1. The van der Waals surface area contributed by atoms with E-state index in [0.29, 0.717) is 0 Å². The van der Waals surface area contributed by atoms with Crippen molar-refractivity contribution in [2.24, 2.45) is 0 Å². The normalized spacial score (nSPS) is 11.3. The predicted molar refractivity (Wildman–Crippen MR) is 24.4 cm³/mol. The second kappa shape index (κ2) is 1.50. The molecule has 1 radical (unpaired) electrons. The zero-order valence-electron chi connectivity index (χ0n) is 4.36. The van der Waals surface area contributed by atoms with Crippen LogP contribution in [0, 0.1) is 0 Å². The summed E-state index contributed by atoms with van der Waals surface area (Å²) >= 11 is 0. The van der Waals surface area contributed by atoms with Crippen molar-refractivity contribution >= 4 is 5.91 Å². The molecule has 0 atom stereocenters. The lowest BCUT2D eigenvalue weighted by molar-refractivity contribution is -0.133. The standard InChI is InChI=1S/C4H8NO2/c1-4(2,7)3(5)6/h5,7H,1-2H3. The lowest BCUT2D eigenvalue weighted by Gasteiger charge is -2.08. The minimum atomic E-state index is -1.47. The Morgan fingerprint density at radius 1 is 1.71 bits per heavy atom. The third-order valence-electron chi connectivity index (χ3n) is 0.556. The SMILES string of the molecule is CC(C)(O)C([NH])=O. The molecule has 0 aliphatic rings. The monoisotopic (exact) mass is 102 g/mol. The van der Waals surface area contributed by atoms with Gasteiger partial charge in [0.25, 0.3) is 5.91 Å². The maximum absolute atomic E-state index is 9.88. The molecule has 1 amide bonds. The van der Waals surface area contributed by atoms with E-state index in [2.05, 4.69) is 0 Å². The van der Waals surface area contributed by atoms with Gasteiger partial charge in [0.05, 0.1) is 0 Å². The minimum absolute atomic E-state index is 0.951. The van der Waals surface area contributed by atoms with Gasteiger partial charge in [-0.1, -0.05) is 0 Å². The Morgan fingerprint density at radius 3 is 1.86 bits per heavy atom. The Balaban J connectivity index is 3.79. The summed E-state index contributed by atoms with van der Waals surface area (Å²) in [5.41, 5.74) is 4.87. The van der Waals surface area contributed by atoms with Crippen LogP contribution >= 0.6 is 0 Å². The number of carbonyl (C=O) groups is 1. The van der Waals surface area contributed by atoms with Gasteiger partial charge in [0.2, 0.25) is 0 Å². The van der Waals surface area contributed by atoms with E-state index in [4.69, 9.17) is 10.8 Å². The van der Waals surface area contributed by atoms with E-state index in [1.165, 1.54) is 13.8 Å². The lowest BCUT2D eigenvalue weighted by Crippen LogP contribution is -2.31. The van der Waals surface area contributed by atoms with Gasteiger partial charge < -0.3 is 5.11 Å². The molecule has 7 heavy (non-hydrogen) atoms. The summed E-state index contributed by atoms with van der Waals surface area (Å²) in [5, 5.41) is 8.56. The minimum Gasteiger partial charge on any atom is -0.381 e. The number of carbonyl (C=O) groups excluding carboxylic acids is 1. The van der Waals surface area contributed by atoms with Gasteiger partial charge in [0, 0.05) is 0 Å². The van der Waals surface area contributed by atoms with Crippen LogP contribution in [0.2, 0.25) is 0 Å². The smallest absolute Gasteiger partial charge is 0.269 e. The molecule has 0 saturated heterocycles. The zero-order chi connectivity index (χ0) is 6.08. The van der Waals surface area contributed by atoms with Crippen LogP contribution < -0.4 is 5.73 Å². The summed E-state index contributed by atoms with van der Waals surface area (Å²) in [6, 6.07) is 0. The summed E-state index contributed by atoms with van der Waals surface area (Å²) in [6.45, 7) is 2.56. The van der Waals surface area contributed by atoms with E-state index in [1.54, 1.807) is 0 Å². The Morgan fingerprint density at radius 2 is 1.86 bits per heavy atom. The first-order valence-corrected chi connectivity index (χ1v) is 1.93. The Kier molecular flexibility index (Phi) is 1.38. The van der Waals surface area contributed by atoms with Crippen LogP contribution in [0.1, 0.15) is 13.8 Å². The molecule has 0 aliphatic carbocycles. The number of hydrogen-bond acceptors (Lipinski definition) is 2. The fourth-order valence-electron chi connectivity index (χ4n) is 0. The van der Waals surface area contributed by atoms with Crippen LogP contribution in [-0.4, -0.2) is 16.6 Å². The second-order valence-corrected chi connectivity index (χ2v) is 1.89. The molecular formula is C4H8NO2. The van der Waals surface area contributed by atoms with E-state index in [9.17, 15) is 4.79 Å². The van der Waals surface area contributed by atoms with E-state index < -0.39 is 11.5 Å². The molecule has 0 rings (SSSR count). The fourth-order valence-corrected chi connectivity index (χ4v) is 0. The Bertz CT molecular complexity index is 82.2. The summed E-state index contributed by atoms with van der Waals surface area (Å²) in [4.78, 5) is 9.88. The third kappa shape index (κ3) is 2.17. The summed E-state index contributed by atoms with van der Waals surface area (Å²) < 4.78 is 0. The van der Waals surface area contributed by atoms with Crippen molar-refractivity contribution in [2.45, 2.75) is 19.4 Å². The molecule has 3 nitrogen and oxygen atoms in total. The first kappa shape index (κ1) is 6.43. The Labute approximate surface area is 42.1 Å². The quantitative estimate of drug-likeness (QED) is 0.488.